The van der Waals surface area contributed by atoms with E-state index in [2.05, 4.69) is 22.6 Å². The van der Waals surface area contributed by atoms with Crippen molar-refractivity contribution in [3.63, 3.8) is 0 Å². The van der Waals surface area contributed by atoms with Crippen LogP contribution in [0.1, 0.15) is 15.9 Å². The standard InChI is InChI=1S/C14H10ClIO2/c15-13-4-2-1-3-11(13)9-18-14(17)10-5-7-12(16)8-6-10/h1-8H,9H2. The van der Waals surface area contributed by atoms with E-state index in [0.717, 1.165) is 9.13 Å². The van der Waals surface area contributed by atoms with Crippen molar-refractivity contribution in [2.75, 3.05) is 0 Å². The van der Waals surface area contributed by atoms with E-state index < -0.39 is 0 Å². The van der Waals surface area contributed by atoms with Crippen molar-refractivity contribution in [3.8, 4) is 0 Å². The number of carbonyl (C=O) groups is 1. The molecule has 2 aromatic carbocycles. The van der Waals surface area contributed by atoms with E-state index in [4.69, 9.17) is 16.3 Å². The molecule has 92 valence electrons. The first-order valence-electron chi connectivity index (χ1n) is 5.33. The van der Waals surface area contributed by atoms with Crippen LogP contribution in [0.5, 0.6) is 0 Å². The second kappa shape index (κ2) is 6.20. The Labute approximate surface area is 124 Å². The molecule has 0 aliphatic heterocycles. The van der Waals surface area contributed by atoms with E-state index in [0.29, 0.717) is 10.6 Å². The van der Waals surface area contributed by atoms with Crippen molar-refractivity contribution >= 4 is 40.2 Å². The van der Waals surface area contributed by atoms with E-state index in [1.54, 1.807) is 18.2 Å². The van der Waals surface area contributed by atoms with Crippen LogP contribution in [0.2, 0.25) is 5.02 Å². The third kappa shape index (κ3) is 3.46. The number of halogens is 2. The molecule has 0 amide bonds. The number of ether oxygens (including phenoxy) is 1. The molecule has 0 saturated heterocycles. The maximum absolute atomic E-state index is 11.8. The summed E-state index contributed by atoms with van der Waals surface area (Å²) in [5.74, 6) is -0.341. The molecule has 0 heterocycles. The molecule has 0 aliphatic rings. The highest BCUT2D eigenvalue weighted by Crippen LogP contribution is 2.16. The SMILES string of the molecule is O=C(OCc1ccccc1Cl)c1ccc(I)cc1. The predicted molar refractivity (Wildman–Crippen MR) is 79.7 cm³/mol. The Morgan fingerprint density at radius 1 is 1.11 bits per heavy atom. The van der Waals surface area contributed by atoms with Gasteiger partial charge in [-0.2, -0.15) is 0 Å². The topological polar surface area (TPSA) is 26.3 Å². The molecular weight excluding hydrogens is 363 g/mol. The summed E-state index contributed by atoms with van der Waals surface area (Å²) in [5.41, 5.74) is 1.35. The smallest absolute Gasteiger partial charge is 0.338 e. The molecule has 0 saturated carbocycles. The van der Waals surface area contributed by atoms with Gasteiger partial charge in [0.2, 0.25) is 0 Å². The fourth-order valence-electron chi connectivity index (χ4n) is 1.43. The minimum Gasteiger partial charge on any atom is -0.457 e. The Morgan fingerprint density at radius 2 is 1.78 bits per heavy atom. The minimum atomic E-state index is -0.341. The molecule has 4 heteroatoms. The van der Waals surface area contributed by atoms with Gasteiger partial charge in [-0.25, -0.2) is 4.79 Å². The zero-order valence-corrected chi connectivity index (χ0v) is 12.3. The van der Waals surface area contributed by atoms with E-state index in [9.17, 15) is 4.79 Å². The Kier molecular flexibility index (Phi) is 4.60. The van der Waals surface area contributed by atoms with Crippen LogP contribution in [0.4, 0.5) is 0 Å². The van der Waals surface area contributed by atoms with E-state index in [1.807, 2.05) is 30.3 Å². The van der Waals surface area contributed by atoms with Gasteiger partial charge < -0.3 is 4.74 Å². The highest BCUT2D eigenvalue weighted by Gasteiger charge is 2.08. The lowest BCUT2D eigenvalue weighted by atomic mass is 10.2. The number of esters is 1. The van der Waals surface area contributed by atoms with Crippen molar-refractivity contribution in [1.82, 2.24) is 0 Å². The van der Waals surface area contributed by atoms with Gasteiger partial charge in [0.05, 0.1) is 5.56 Å². The number of rotatable bonds is 3. The summed E-state index contributed by atoms with van der Waals surface area (Å²) < 4.78 is 6.29. The molecule has 18 heavy (non-hydrogen) atoms. The Morgan fingerprint density at radius 3 is 2.44 bits per heavy atom. The van der Waals surface area contributed by atoms with E-state index >= 15 is 0 Å². The highest BCUT2D eigenvalue weighted by molar-refractivity contribution is 14.1. The molecule has 0 aromatic heterocycles. The average Bonchev–Trinajstić information content (AvgIpc) is 2.38. The molecule has 2 nitrogen and oxygen atoms in total. The summed E-state index contributed by atoms with van der Waals surface area (Å²) in [6.07, 6.45) is 0. The maximum atomic E-state index is 11.8. The number of hydrogen-bond donors (Lipinski definition) is 0. The van der Waals surface area contributed by atoms with Gasteiger partial charge in [-0.1, -0.05) is 29.8 Å². The van der Waals surface area contributed by atoms with Gasteiger partial charge in [-0.3, -0.25) is 0 Å². The zero-order valence-electron chi connectivity index (χ0n) is 9.40. The first-order chi connectivity index (χ1) is 8.66. The van der Waals surface area contributed by atoms with Gasteiger partial charge in [-0.05, 0) is 52.9 Å². The number of benzene rings is 2. The molecule has 2 aromatic rings. The summed E-state index contributed by atoms with van der Waals surface area (Å²) in [5, 5.41) is 0.605. The molecule has 0 atom stereocenters. The summed E-state index contributed by atoms with van der Waals surface area (Å²) in [4.78, 5) is 11.8. The first kappa shape index (κ1) is 13.4. The fraction of sp³-hybridized carbons (Fsp3) is 0.0714. The van der Waals surface area contributed by atoms with Crippen LogP contribution in [0.25, 0.3) is 0 Å². The molecule has 0 aliphatic carbocycles. The van der Waals surface area contributed by atoms with Gasteiger partial charge in [0.1, 0.15) is 6.61 Å². The van der Waals surface area contributed by atoms with Crippen molar-refractivity contribution in [3.05, 3.63) is 68.3 Å². The third-order valence-corrected chi connectivity index (χ3v) is 3.48. The second-order valence-corrected chi connectivity index (χ2v) is 5.33. The van der Waals surface area contributed by atoms with Gasteiger partial charge >= 0.3 is 5.97 Å². The van der Waals surface area contributed by atoms with Gasteiger partial charge in [-0.15, -0.1) is 0 Å². The molecule has 0 radical (unpaired) electrons. The van der Waals surface area contributed by atoms with Crippen LogP contribution >= 0.6 is 34.2 Å². The number of hydrogen-bond acceptors (Lipinski definition) is 2. The van der Waals surface area contributed by atoms with Gasteiger partial charge in [0.25, 0.3) is 0 Å². The summed E-state index contributed by atoms with van der Waals surface area (Å²) >= 11 is 8.17. The van der Waals surface area contributed by atoms with Crippen LogP contribution in [0.3, 0.4) is 0 Å². The highest BCUT2D eigenvalue weighted by atomic mass is 127. The van der Waals surface area contributed by atoms with Crippen molar-refractivity contribution in [1.29, 1.82) is 0 Å². The monoisotopic (exact) mass is 372 g/mol. The largest absolute Gasteiger partial charge is 0.457 e. The van der Waals surface area contributed by atoms with Gasteiger partial charge in [0.15, 0.2) is 0 Å². The van der Waals surface area contributed by atoms with E-state index in [-0.39, 0.29) is 12.6 Å². The predicted octanol–water partition coefficient (Wildman–Crippen LogP) is 4.30. The lowest BCUT2D eigenvalue weighted by Gasteiger charge is -2.06. The van der Waals surface area contributed by atoms with Crippen LogP contribution in [-0.4, -0.2) is 5.97 Å². The van der Waals surface area contributed by atoms with Crippen molar-refractivity contribution in [2.45, 2.75) is 6.61 Å². The maximum Gasteiger partial charge on any atom is 0.338 e. The average molecular weight is 373 g/mol. The molecule has 0 spiro atoms. The number of carbonyl (C=O) groups excluding carboxylic acids is 1. The lowest BCUT2D eigenvalue weighted by molar-refractivity contribution is 0.0473. The zero-order chi connectivity index (χ0) is 13.0. The second-order valence-electron chi connectivity index (χ2n) is 3.67. The minimum absolute atomic E-state index is 0.185. The van der Waals surface area contributed by atoms with Crippen LogP contribution < -0.4 is 0 Å². The summed E-state index contributed by atoms with van der Waals surface area (Å²) in [7, 11) is 0. The molecule has 0 N–H and O–H groups in total. The first-order valence-corrected chi connectivity index (χ1v) is 6.78. The lowest BCUT2D eigenvalue weighted by Crippen LogP contribution is -2.05. The summed E-state index contributed by atoms with van der Waals surface area (Å²) in [6, 6.07) is 14.5. The van der Waals surface area contributed by atoms with Crippen LogP contribution in [-0.2, 0) is 11.3 Å². The Bertz CT molecular complexity index is 552. The fourth-order valence-corrected chi connectivity index (χ4v) is 1.98. The molecular formula is C14H10ClIO2. The molecule has 0 unspecified atom stereocenters. The van der Waals surface area contributed by atoms with Crippen molar-refractivity contribution < 1.29 is 9.53 Å². The third-order valence-electron chi connectivity index (χ3n) is 2.40. The Balaban J connectivity index is 2.01. The normalized spacial score (nSPS) is 10.1. The molecule has 0 fully saturated rings. The summed E-state index contributed by atoms with van der Waals surface area (Å²) in [6.45, 7) is 0.185. The quantitative estimate of drug-likeness (QED) is 0.593. The Hall–Kier alpha value is -1.07. The van der Waals surface area contributed by atoms with Gasteiger partial charge in [0, 0.05) is 14.2 Å². The molecule has 0 bridgehead atoms. The van der Waals surface area contributed by atoms with Crippen LogP contribution in [0.15, 0.2) is 48.5 Å². The van der Waals surface area contributed by atoms with E-state index in [1.165, 1.54) is 0 Å². The van der Waals surface area contributed by atoms with Crippen LogP contribution in [0, 0.1) is 3.57 Å². The van der Waals surface area contributed by atoms with Crippen molar-refractivity contribution in [2.24, 2.45) is 0 Å². The molecule has 2 rings (SSSR count).